The van der Waals surface area contributed by atoms with Crippen LogP contribution in [-0.4, -0.2) is 73.2 Å². The Labute approximate surface area is 168 Å². The van der Waals surface area contributed by atoms with Crippen LogP contribution in [0.25, 0.3) is 0 Å². The standard InChI is InChI=1S/C22H33N3O3/c1-4-27-21-18(6-5-9-23-21)22(26)25-12-16-10-19(24(2)3)20(11-17(16)13-25)28-14-15-7-8-15/h5-6,9,15-17,19-20H,4,7-8,10-14H2,1-3H3/t16-,17+,19-,20-/m1/s1. The number of likely N-dealkylation sites (N-methyl/N-ethyl adjacent to an activating group) is 1. The van der Waals surface area contributed by atoms with Crippen molar-refractivity contribution in [2.24, 2.45) is 17.8 Å². The molecule has 2 heterocycles. The Morgan fingerprint density at radius 3 is 2.68 bits per heavy atom. The SMILES string of the molecule is CCOc1ncccc1C(=O)N1C[C@H]2C[C@@H](N(C)C)[C@H](OCC3CC3)C[C@H]2C1. The summed E-state index contributed by atoms with van der Waals surface area (Å²) in [6.07, 6.45) is 6.75. The van der Waals surface area contributed by atoms with Crippen LogP contribution in [-0.2, 0) is 4.74 Å². The van der Waals surface area contributed by atoms with E-state index in [0.29, 0.717) is 35.9 Å². The van der Waals surface area contributed by atoms with Gasteiger partial charge in [-0.25, -0.2) is 4.98 Å². The average Bonchev–Trinajstić information content (AvgIpc) is 3.43. The van der Waals surface area contributed by atoms with E-state index in [1.54, 1.807) is 6.20 Å². The Bertz CT molecular complexity index is 691. The minimum Gasteiger partial charge on any atom is -0.477 e. The van der Waals surface area contributed by atoms with Crippen molar-refractivity contribution < 1.29 is 14.3 Å². The Morgan fingerprint density at radius 2 is 2.00 bits per heavy atom. The fourth-order valence-corrected chi connectivity index (χ4v) is 4.80. The first-order chi connectivity index (χ1) is 13.6. The van der Waals surface area contributed by atoms with Gasteiger partial charge in [-0.3, -0.25) is 4.79 Å². The van der Waals surface area contributed by atoms with Crippen LogP contribution < -0.4 is 4.74 Å². The molecule has 6 nitrogen and oxygen atoms in total. The third-order valence-electron chi connectivity index (χ3n) is 6.56. The molecule has 1 saturated heterocycles. The predicted octanol–water partition coefficient (Wildman–Crippen LogP) is 2.69. The van der Waals surface area contributed by atoms with Crippen LogP contribution in [0, 0.1) is 17.8 Å². The molecule has 2 aliphatic carbocycles. The molecule has 1 aliphatic heterocycles. The van der Waals surface area contributed by atoms with Gasteiger partial charge in [0, 0.05) is 31.9 Å². The molecule has 2 saturated carbocycles. The van der Waals surface area contributed by atoms with Gasteiger partial charge in [-0.15, -0.1) is 0 Å². The van der Waals surface area contributed by atoms with Crippen molar-refractivity contribution in [3.8, 4) is 5.88 Å². The number of hydrogen-bond donors (Lipinski definition) is 0. The second-order valence-electron chi connectivity index (χ2n) is 8.84. The summed E-state index contributed by atoms with van der Waals surface area (Å²) in [6, 6.07) is 4.07. The van der Waals surface area contributed by atoms with Crippen LogP contribution in [0.5, 0.6) is 5.88 Å². The Balaban J connectivity index is 1.44. The van der Waals surface area contributed by atoms with Gasteiger partial charge in [-0.2, -0.15) is 0 Å². The molecule has 28 heavy (non-hydrogen) atoms. The highest BCUT2D eigenvalue weighted by atomic mass is 16.5. The van der Waals surface area contributed by atoms with Gasteiger partial charge < -0.3 is 19.3 Å². The van der Waals surface area contributed by atoms with Gasteiger partial charge in [0.05, 0.1) is 12.7 Å². The molecule has 1 aromatic heterocycles. The van der Waals surface area contributed by atoms with Gasteiger partial charge in [0.25, 0.3) is 5.91 Å². The molecule has 4 atom stereocenters. The molecule has 154 valence electrons. The molecule has 0 unspecified atom stereocenters. The van der Waals surface area contributed by atoms with Gasteiger partial charge >= 0.3 is 0 Å². The number of nitrogens with zero attached hydrogens (tertiary/aromatic N) is 3. The zero-order valence-corrected chi connectivity index (χ0v) is 17.3. The summed E-state index contributed by atoms with van der Waals surface area (Å²) in [6.45, 7) is 4.96. The molecule has 3 fully saturated rings. The summed E-state index contributed by atoms with van der Waals surface area (Å²) in [5.74, 6) is 2.34. The molecular weight excluding hydrogens is 354 g/mol. The number of pyridine rings is 1. The zero-order chi connectivity index (χ0) is 19.7. The van der Waals surface area contributed by atoms with Gasteiger partial charge in [-0.1, -0.05) is 0 Å². The highest BCUT2D eigenvalue weighted by Gasteiger charge is 2.45. The first-order valence-electron chi connectivity index (χ1n) is 10.7. The first-order valence-corrected chi connectivity index (χ1v) is 10.7. The van der Waals surface area contributed by atoms with E-state index in [0.717, 1.165) is 38.5 Å². The van der Waals surface area contributed by atoms with Gasteiger partial charge in [0.2, 0.25) is 5.88 Å². The first kappa shape index (κ1) is 19.6. The number of fused-ring (bicyclic) bond motifs is 1. The van der Waals surface area contributed by atoms with Crippen molar-refractivity contribution in [3.63, 3.8) is 0 Å². The number of ether oxygens (including phenoxy) is 2. The third-order valence-corrected chi connectivity index (χ3v) is 6.56. The van der Waals surface area contributed by atoms with E-state index in [-0.39, 0.29) is 12.0 Å². The second kappa shape index (κ2) is 8.37. The Kier molecular flexibility index (Phi) is 5.88. The fraction of sp³-hybridized carbons (Fsp3) is 0.727. The minimum absolute atomic E-state index is 0.0443. The Morgan fingerprint density at radius 1 is 1.25 bits per heavy atom. The summed E-state index contributed by atoms with van der Waals surface area (Å²) in [5.41, 5.74) is 0.577. The number of likely N-dealkylation sites (tertiary alicyclic amines) is 1. The smallest absolute Gasteiger partial charge is 0.259 e. The van der Waals surface area contributed by atoms with Crippen LogP contribution in [0.1, 0.15) is 43.0 Å². The van der Waals surface area contributed by atoms with Crippen molar-refractivity contribution in [3.05, 3.63) is 23.9 Å². The lowest BCUT2D eigenvalue weighted by Crippen LogP contribution is -2.48. The van der Waals surface area contributed by atoms with E-state index in [1.165, 1.54) is 12.8 Å². The van der Waals surface area contributed by atoms with E-state index in [4.69, 9.17) is 9.47 Å². The van der Waals surface area contributed by atoms with Crippen molar-refractivity contribution >= 4 is 5.91 Å². The van der Waals surface area contributed by atoms with E-state index < -0.39 is 0 Å². The molecule has 0 radical (unpaired) electrons. The summed E-state index contributed by atoms with van der Waals surface area (Å²) in [7, 11) is 4.31. The van der Waals surface area contributed by atoms with Crippen LogP contribution in [0.4, 0.5) is 0 Å². The lowest BCUT2D eigenvalue weighted by Gasteiger charge is -2.41. The summed E-state index contributed by atoms with van der Waals surface area (Å²) < 4.78 is 11.9. The molecule has 6 heteroatoms. The van der Waals surface area contributed by atoms with Crippen molar-refractivity contribution in [2.75, 3.05) is 40.4 Å². The molecule has 1 amide bonds. The molecule has 4 rings (SSSR count). The summed E-state index contributed by atoms with van der Waals surface area (Å²) in [4.78, 5) is 21.7. The number of carbonyl (C=O) groups excluding carboxylic acids is 1. The normalized spacial score (nSPS) is 29.8. The van der Waals surface area contributed by atoms with Crippen molar-refractivity contribution in [1.82, 2.24) is 14.8 Å². The monoisotopic (exact) mass is 387 g/mol. The number of carbonyl (C=O) groups is 1. The summed E-state index contributed by atoms with van der Waals surface area (Å²) >= 11 is 0. The second-order valence-corrected chi connectivity index (χ2v) is 8.84. The van der Waals surface area contributed by atoms with Gasteiger partial charge in [0.1, 0.15) is 5.56 Å². The molecule has 3 aliphatic rings. The number of hydrogen-bond acceptors (Lipinski definition) is 5. The molecule has 0 spiro atoms. The zero-order valence-electron chi connectivity index (χ0n) is 17.3. The maximum atomic E-state index is 13.2. The van der Waals surface area contributed by atoms with Crippen LogP contribution in [0.2, 0.25) is 0 Å². The van der Waals surface area contributed by atoms with E-state index in [1.807, 2.05) is 24.0 Å². The largest absolute Gasteiger partial charge is 0.477 e. The molecule has 0 N–H and O–H groups in total. The molecule has 1 aromatic rings. The number of aromatic nitrogens is 1. The van der Waals surface area contributed by atoms with E-state index >= 15 is 0 Å². The van der Waals surface area contributed by atoms with Gasteiger partial charge in [-0.05, 0) is 76.6 Å². The van der Waals surface area contributed by atoms with Crippen molar-refractivity contribution in [1.29, 1.82) is 0 Å². The van der Waals surface area contributed by atoms with Crippen LogP contribution in [0.3, 0.4) is 0 Å². The molecular formula is C22H33N3O3. The van der Waals surface area contributed by atoms with Crippen molar-refractivity contribution in [2.45, 2.75) is 44.8 Å². The molecule has 0 aromatic carbocycles. The molecule has 0 bridgehead atoms. The van der Waals surface area contributed by atoms with Gasteiger partial charge in [0.15, 0.2) is 0 Å². The summed E-state index contributed by atoms with van der Waals surface area (Å²) in [5, 5.41) is 0. The maximum absolute atomic E-state index is 13.2. The number of rotatable bonds is 7. The maximum Gasteiger partial charge on any atom is 0.259 e. The topological polar surface area (TPSA) is 54.9 Å². The highest BCUT2D eigenvalue weighted by molar-refractivity contribution is 5.96. The Hall–Kier alpha value is -1.66. The third kappa shape index (κ3) is 4.18. The fourth-order valence-electron chi connectivity index (χ4n) is 4.80. The number of amides is 1. The quantitative estimate of drug-likeness (QED) is 0.720. The van der Waals surface area contributed by atoms with Crippen LogP contribution in [0.15, 0.2) is 18.3 Å². The highest BCUT2D eigenvalue weighted by Crippen LogP contribution is 2.40. The lowest BCUT2D eigenvalue weighted by molar-refractivity contribution is -0.0493. The predicted molar refractivity (Wildman–Crippen MR) is 107 cm³/mol. The van der Waals surface area contributed by atoms with Crippen LogP contribution >= 0.6 is 0 Å². The lowest BCUT2D eigenvalue weighted by atomic mass is 9.77. The average molecular weight is 388 g/mol. The van der Waals surface area contributed by atoms with E-state index in [9.17, 15) is 4.79 Å². The van der Waals surface area contributed by atoms with E-state index in [2.05, 4.69) is 24.0 Å². The minimum atomic E-state index is 0.0443.